The Bertz CT molecular complexity index is 1340. The zero-order chi connectivity index (χ0) is 26.1. The number of carbonyl (C=O) groups is 2. The Labute approximate surface area is 222 Å². The highest BCUT2D eigenvalue weighted by Crippen LogP contribution is 2.41. The highest BCUT2D eigenvalue weighted by molar-refractivity contribution is 6.06. The molecule has 2 saturated carbocycles. The number of nitrogen functional groups attached to an aromatic ring is 1. The maximum atomic E-state index is 12.9. The number of carbonyl (C=O) groups excluding carboxylic acids is 2. The van der Waals surface area contributed by atoms with Crippen LogP contribution in [0, 0.1) is 5.92 Å². The monoisotopic (exact) mass is 512 g/mol. The standard InChI is InChI=1S/C30H32N4O4/c31-24-3-1-2-4-25(24)33-29(35)22-11-12-27-28(15-22)37-14-13-34(27)30(36)38-18-20-7-9-21(10-8-20)23-16-26(23)32-17-19-5-6-19/h1-4,7-12,15,19,23,26,32H,5-6,13-14,16-18,31H2,(H,33,35). The normalized spacial score (nSPS) is 19.7. The van der Waals surface area contributed by atoms with Crippen LogP contribution >= 0.6 is 0 Å². The van der Waals surface area contributed by atoms with E-state index in [2.05, 4.69) is 22.8 Å². The molecule has 0 bridgehead atoms. The molecule has 0 radical (unpaired) electrons. The molecule has 196 valence electrons. The molecule has 1 heterocycles. The van der Waals surface area contributed by atoms with E-state index in [1.165, 1.54) is 24.8 Å². The summed E-state index contributed by atoms with van der Waals surface area (Å²) in [6, 6.07) is 21.0. The van der Waals surface area contributed by atoms with Crippen LogP contribution in [0.2, 0.25) is 0 Å². The molecule has 0 aromatic heterocycles. The Morgan fingerprint density at radius 2 is 1.87 bits per heavy atom. The lowest BCUT2D eigenvalue weighted by atomic mass is 10.1. The van der Waals surface area contributed by atoms with Crippen molar-refractivity contribution in [1.29, 1.82) is 0 Å². The molecule has 8 nitrogen and oxygen atoms in total. The molecule has 4 N–H and O–H groups in total. The van der Waals surface area contributed by atoms with Gasteiger partial charge in [0, 0.05) is 17.5 Å². The van der Waals surface area contributed by atoms with E-state index in [0.29, 0.717) is 53.5 Å². The first kappa shape index (κ1) is 24.3. The largest absolute Gasteiger partial charge is 0.490 e. The van der Waals surface area contributed by atoms with Gasteiger partial charge >= 0.3 is 6.09 Å². The van der Waals surface area contributed by atoms with Crippen LogP contribution in [0.4, 0.5) is 21.9 Å². The van der Waals surface area contributed by atoms with Crippen LogP contribution in [0.25, 0.3) is 0 Å². The van der Waals surface area contributed by atoms with Crippen molar-refractivity contribution in [2.75, 3.05) is 35.6 Å². The molecule has 0 saturated heterocycles. The van der Waals surface area contributed by atoms with Gasteiger partial charge in [-0.2, -0.15) is 0 Å². The molecular formula is C30H32N4O4. The highest BCUT2D eigenvalue weighted by Gasteiger charge is 2.38. The molecule has 0 spiro atoms. The van der Waals surface area contributed by atoms with Gasteiger partial charge in [-0.25, -0.2) is 4.79 Å². The van der Waals surface area contributed by atoms with Crippen LogP contribution < -0.4 is 26.0 Å². The number of para-hydroxylation sites is 2. The molecule has 2 fully saturated rings. The van der Waals surface area contributed by atoms with E-state index < -0.39 is 6.09 Å². The summed E-state index contributed by atoms with van der Waals surface area (Å²) >= 11 is 0. The second kappa shape index (κ2) is 10.4. The third-order valence-electron chi connectivity index (χ3n) is 7.44. The first-order valence-electron chi connectivity index (χ1n) is 13.2. The first-order valence-corrected chi connectivity index (χ1v) is 13.2. The molecule has 2 amide bonds. The van der Waals surface area contributed by atoms with E-state index >= 15 is 0 Å². The fourth-order valence-corrected chi connectivity index (χ4v) is 4.87. The van der Waals surface area contributed by atoms with Gasteiger partial charge in [0.2, 0.25) is 0 Å². The van der Waals surface area contributed by atoms with E-state index in [-0.39, 0.29) is 12.5 Å². The Kier molecular flexibility index (Phi) is 6.64. The number of hydrogen-bond acceptors (Lipinski definition) is 6. The molecule has 2 atom stereocenters. The van der Waals surface area contributed by atoms with Gasteiger partial charge in [0.15, 0.2) is 0 Å². The Balaban J connectivity index is 1.04. The molecular weight excluding hydrogens is 480 g/mol. The van der Waals surface area contributed by atoms with Crippen molar-refractivity contribution in [2.45, 2.75) is 37.8 Å². The van der Waals surface area contributed by atoms with Crippen molar-refractivity contribution in [3.05, 3.63) is 83.4 Å². The number of fused-ring (bicyclic) bond motifs is 1. The summed E-state index contributed by atoms with van der Waals surface area (Å²) in [6.07, 6.45) is 3.49. The van der Waals surface area contributed by atoms with Crippen molar-refractivity contribution in [1.82, 2.24) is 5.32 Å². The predicted molar refractivity (Wildman–Crippen MR) is 147 cm³/mol. The SMILES string of the molecule is Nc1ccccc1NC(=O)c1ccc2c(c1)OCCN2C(=O)OCc1ccc(C2CC2NCC2CC2)cc1. The van der Waals surface area contributed by atoms with Crippen molar-refractivity contribution >= 4 is 29.1 Å². The predicted octanol–water partition coefficient (Wildman–Crippen LogP) is 4.91. The molecule has 2 unspecified atom stereocenters. The number of anilines is 3. The lowest BCUT2D eigenvalue weighted by Crippen LogP contribution is -2.38. The van der Waals surface area contributed by atoms with Gasteiger partial charge in [-0.05, 0) is 73.2 Å². The Morgan fingerprint density at radius 3 is 2.66 bits per heavy atom. The van der Waals surface area contributed by atoms with Crippen molar-refractivity contribution < 1.29 is 19.1 Å². The maximum Gasteiger partial charge on any atom is 0.414 e. The minimum Gasteiger partial charge on any atom is -0.490 e. The van der Waals surface area contributed by atoms with Crippen LogP contribution in [0.3, 0.4) is 0 Å². The molecule has 1 aliphatic heterocycles. The smallest absolute Gasteiger partial charge is 0.414 e. The average molecular weight is 513 g/mol. The van der Waals surface area contributed by atoms with Gasteiger partial charge in [-0.3, -0.25) is 9.69 Å². The number of ether oxygens (including phenoxy) is 2. The lowest BCUT2D eigenvalue weighted by molar-refractivity contribution is 0.102. The molecule has 2 aliphatic carbocycles. The molecule has 6 rings (SSSR count). The molecule has 3 aliphatic rings. The second-order valence-corrected chi connectivity index (χ2v) is 10.3. The van der Waals surface area contributed by atoms with Crippen LogP contribution in [0.5, 0.6) is 5.75 Å². The minimum absolute atomic E-state index is 0.193. The number of hydrogen-bond donors (Lipinski definition) is 3. The number of benzene rings is 3. The summed E-state index contributed by atoms with van der Waals surface area (Å²) in [7, 11) is 0. The van der Waals surface area contributed by atoms with Gasteiger partial charge in [-0.15, -0.1) is 0 Å². The van der Waals surface area contributed by atoms with E-state index in [9.17, 15) is 9.59 Å². The summed E-state index contributed by atoms with van der Waals surface area (Å²) in [5.74, 6) is 1.63. The van der Waals surface area contributed by atoms with Gasteiger partial charge in [0.25, 0.3) is 5.91 Å². The zero-order valence-corrected chi connectivity index (χ0v) is 21.2. The molecule has 3 aromatic rings. The average Bonchev–Trinajstić information content (AvgIpc) is 3.87. The van der Waals surface area contributed by atoms with Crippen LogP contribution in [-0.4, -0.2) is 37.7 Å². The third kappa shape index (κ3) is 5.45. The van der Waals surface area contributed by atoms with Crippen LogP contribution in [0.1, 0.15) is 46.7 Å². The number of nitrogens with zero attached hydrogens (tertiary/aromatic N) is 1. The summed E-state index contributed by atoms with van der Waals surface area (Å²) < 4.78 is 11.4. The fourth-order valence-electron chi connectivity index (χ4n) is 4.87. The second-order valence-electron chi connectivity index (χ2n) is 10.3. The van der Waals surface area contributed by atoms with E-state index in [1.54, 1.807) is 47.4 Å². The number of nitrogens with one attached hydrogen (secondary N) is 2. The number of nitrogens with two attached hydrogens (primary N) is 1. The number of rotatable bonds is 8. The maximum absolute atomic E-state index is 12.9. The topological polar surface area (TPSA) is 106 Å². The fraction of sp³-hybridized carbons (Fsp3) is 0.333. The quantitative estimate of drug-likeness (QED) is 0.370. The van der Waals surface area contributed by atoms with Crippen molar-refractivity contribution in [3.8, 4) is 5.75 Å². The molecule has 8 heteroatoms. The van der Waals surface area contributed by atoms with Gasteiger partial charge in [0.05, 0.1) is 23.6 Å². The Hall–Kier alpha value is -4.04. The molecule has 3 aromatic carbocycles. The van der Waals surface area contributed by atoms with Crippen molar-refractivity contribution in [2.24, 2.45) is 5.92 Å². The molecule has 38 heavy (non-hydrogen) atoms. The van der Waals surface area contributed by atoms with E-state index in [4.69, 9.17) is 15.2 Å². The summed E-state index contributed by atoms with van der Waals surface area (Å²) in [5, 5.41) is 6.48. The van der Waals surface area contributed by atoms with Gasteiger partial charge in [-0.1, -0.05) is 36.4 Å². The zero-order valence-electron chi connectivity index (χ0n) is 21.2. The first-order chi connectivity index (χ1) is 18.5. The summed E-state index contributed by atoms with van der Waals surface area (Å²) in [6.45, 7) is 2.02. The lowest BCUT2D eigenvalue weighted by Gasteiger charge is -2.29. The number of amides is 2. The van der Waals surface area contributed by atoms with Crippen LogP contribution in [-0.2, 0) is 11.3 Å². The van der Waals surface area contributed by atoms with Crippen molar-refractivity contribution in [3.63, 3.8) is 0 Å². The van der Waals surface area contributed by atoms with Gasteiger partial charge in [0.1, 0.15) is 19.0 Å². The highest BCUT2D eigenvalue weighted by atomic mass is 16.6. The summed E-state index contributed by atoms with van der Waals surface area (Å²) in [5.41, 5.74) is 10.2. The third-order valence-corrected chi connectivity index (χ3v) is 7.44. The Morgan fingerprint density at radius 1 is 1.05 bits per heavy atom. The van der Waals surface area contributed by atoms with Crippen LogP contribution in [0.15, 0.2) is 66.7 Å². The van der Waals surface area contributed by atoms with Gasteiger partial charge < -0.3 is 25.8 Å². The summed E-state index contributed by atoms with van der Waals surface area (Å²) in [4.78, 5) is 27.2. The van der Waals surface area contributed by atoms with E-state index in [1.807, 2.05) is 12.1 Å². The van der Waals surface area contributed by atoms with E-state index in [0.717, 1.165) is 18.0 Å². The minimum atomic E-state index is -0.445.